The molecule has 0 saturated heterocycles. The van der Waals surface area contributed by atoms with Crippen molar-refractivity contribution in [2.24, 2.45) is 0 Å². The van der Waals surface area contributed by atoms with Crippen LogP contribution in [0.4, 0.5) is 5.69 Å². The van der Waals surface area contributed by atoms with Gasteiger partial charge in [0.15, 0.2) is 11.5 Å². The molecule has 7 nitrogen and oxygen atoms in total. The van der Waals surface area contributed by atoms with E-state index in [0.29, 0.717) is 0 Å². The van der Waals surface area contributed by atoms with Crippen molar-refractivity contribution < 1.29 is 19.9 Å². The standard InChI is InChI=1S/C11H14N2O5/c1-6(12(2)3)10(15)7-4-8(13(17)18)11(16)9(14)5-7/h4-6,14,16H,1-3H3. The Kier molecular flexibility index (Phi) is 3.87. The smallest absolute Gasteiger partial charge is 0.315 e. The number of carbonyl (C=O) groups excluding carboxylic acids is 1. The van der Waals surface area contributed by atoms with Gasteiger partial charge in [0.2, 0.25) is 5.75 Å². The Bertz CT molecular complexity index is 498. The number of hydrogen-bond acceptors (Lipinski definition) is 6. The maximum atomic E-state index is 12.0. The van der Waals surface area contributed by atoms with Crippen LogP contribution in [-0.2, 0) is 0 Å². The molecule has 0 heterocycles. The molecule has 0 aliphatic rings. The lowest BCUT2D eigenvalue weighted by Crippen LogP contribution is -2.32. The van der Waals surface area contributed by atoms with E-state index in [9.17, 15) is 25.1 Å². The number of rotatable bonds is 4. The predicted octanol–water partition coefficient (Wildman–Crippen LogP) is 1.14. The number of hydrogen-bond donors (Lipinski definition) is 2. The summed E-state index contributed by atoms with van der Waals surface area (Å²) >= 11 is 0. The van der Waals surface area contributed by atoms with Crippen LogP contribution < -0.4 is 0 Å². The Morgan fingerprint density at radius 3 is 2.39 bits per heavy atom. The van der Waals surface area contributed by atoms with E-state index < -0.39 is 28.2 Å². The minimum absolute atomic E-state index is 0.0156. The van der Waals surface area contributed by atoms with Gasteiger partial charge >= 0.3 is 5.69 Å². The molecule has 1 aromatic carbocycles. The zero-order chi connectivity index (χ0) is 14.0. The van der Waals surface area contributed by atoms with Crippen LogP contribution in [0.2, 0.25) is 0 Å². The molecular formula is C11H14N2O5. The van der Waals surface area contributed by atoms with Crippen molar-refractivity contribution >= 4 is 11.5 Å². The first-order valence-electron chi connectivity index (χ1n) is 5.16. The molecule has 1 unspecified atom stereocenters. The lowest BCUT2D eigenvalue weighted by atomic mass is 10.0. The lowest BCUT2D eigenvalue weighted by Gasteiger charge is -2.18. The third-order valence-corrected chi connectivity index (χ3v) is 2.70. The summed E-state index contributed by atoms with van der Waals surface area (Å²) in [5.74, 6) is -1.90. The van der Waals surface area contributed by atoms with Crippen molar-refractivity contribution in [1.29, 1.82) is 0 Å². The van der Waals surface area contributed by atoms with Crippen LogP contribution in [0.25, 0.3) is 0 Å². The summed E-state index contributed by atoms with van der Waals surface area (Å²) < 4.78 is 0. The molecule has 1 aromatic rings. The van der Waals surface area contributed by atoms with Gasteiger partial charge in [-0.25, -0.2) is 0 Å². The molecule has 0 amide bonds. The molecule has 0 bridgehead atoms. The Balaban J connectivity index is 3.27. The summed E-state index contributed by atoms with van der Waals surface area (Å²) in [4.78, 5) is 23.4. The third-order valence-electron chi connectivity index (χ3n) is 2.70. The Labute approximate surface area is 103 Å². The molecule has 0 aliphatic heterocycles. The lowest BCUT2D eigenvalue weighted by molar-refractivity contribution is -0.386. The van der Waals surface area contributed by atoms with E-state index in [-0.39, 0.29) is 11.3 Å². The number of nitro benzene ring substituents is 1. The van der Waals surface area contributed by atoms with Crippen LogP contribution in [-0.4, -0.2) is 46.0 Å². The second-order valence-electron chi connectivity index (χ2n) is 4.12. The van der Waals surface area contributed by atoms with Crippen LogP contribution in [0.15, 0.2) is 12.1 Å². The van der Waals surface area contributed by atoms with Crippen LogP contribution in [0.5, 0.6) is 11.5 Å². The van der Waals surface area contributed by atoms with Gasteiger partial charge in [0.1, 0.15) is 0 Å². The van der Waals surface area contributed by atoms with Crippen LogP contribution in [0.1, 0.15) is 17.3 Å². The summed E-state index contributed by atoms with van der Waals surface area (Å²) in [5, 5.41) is 29.4. The van der Waals surface area contributed by atoms with Crippen molar-refractivity contribution in [2.45, 2.75) is 13.0 Å². The molecule has 1 rings (SSSR count). The monoisotopic (exact) mass is 254 g/mol. The molecule has 98 valence electrons. The number of nitro groups is 1. The SMILES string of the molecule is CC(C(=O)c1cc(O)c(O)c([N+](=O)[O-])c1)N(C)C. The highest BCUT2D eigenvalue weighted by atomic mass is 16.6. The van der Waals surface area contributed by atoms with E-state index in [2.05, 4.69) is 0 Å². The maximum absolute atomic E-state index is 12.0. The first kappa shape index (κ1) is 13.9. The summed E-state index contributed by atoms with van der Waals surface area (Å²) in [5.41, 5.74) is -0.706. The summed E-state index contributed by atoms with van der Waals surface area (Å²) in [7, 11) is 3.38. The van der Waals surface area contributed by atoms with Gasteiger partial charge in [-0.05, 0) is 27.1 Å². The molecule has 1 atom stereocenters. The predicted molar refractivity (Wildman–Crippen MR) is 63.9 cm³/mol. The average molecular weight is 254 g/mol. The number of benzene rings is 1. The van der Waals surface area contributed by atoms with Gasteiger partial charge in [0.05, 0.1) is 11.0 Å². The first-order valence-corrected chi connectivity index (χ1v) is 5.16. The van der Waals surface area contributed by atoms with Gasteiger partial charge in [0, 0.05) is 11.6 Å². The molecule has 0 aromatic heterocycles. The number of carbonyl (C=O) groups is 1. The fourth-order valence-electron chi connectivity index (χ4n) is 1.36. The number of aromatic hydroxyl groups is 2. The summed E-state index contributed by atoms with van der Waals surface area (Å²) in [6, 6.07) is 1.48. The van der Waals surface area contributed by atoms with Gasteiger partial charge in [-0.15, -0.1) is 0 Å². The fraction of sp³-hybridized carbons (Fsp3) is 0.364. The van der Waals surface area contributed by atoms with E-state index in [4.69, 9.17) is 0 Å². The van der Waals surface area contributed by atoms with Crippen molar-refractivity contribution in [2.75, 3.05) is 14.1 Å². The van der Waals surface area contributed by atoms with E-state index >= 15 is 0 Å². The maximum Gasteiger partial charge on any atom is 0.315 e. The third kappa shape index (κ3) is 2.57. The number of nitrogens with zero attached hydrogens (tertiary/aromatic N) is 2. The van der Waals surface area contributed by atoms with Gasteiger partial charge in [-0.1, -0.05) is 0 Å². The minimum atomic E-state index is -0.855. The van der Waals surface area contributed by atoms with Gasteiger partial charge in [0.25, 0.3) is 0 Å². The fourth-order valence-corrected chi connectivity index (χ4v) is 1.36. The summed E-state index contributed by atoms with van der Waals surface area (Å²) in [6.45, 7) is 1.64. The average Bonchev–Trinajstić information content (AvgIpc) is 2.29. The molecule has 2 N–H and O–H groups in total. The van der Waals surface area contributed by atoms with Crippen molar-refractivity contribution in [1.82, 2.24) is 4.90 Å². The van der Waals surface area contributed by atoms with Gasteiger partial charge < -0.3 is 10.2 Å². The zero-order valence-corrected chi connectivity index (χ0v) is 10.2. The van der Waals surface area contributed by atoms with E-state index in [1.165, 1.54) is 0 Å². The molecule has 18 heavy (non-hydrogen) atoms. The topological polar surface area (TPSA) is 104 Å². The van der Waals surface area contributed by atoms with Crippen molar-refractivity contribution in [3.05, 3.63) is 27.8 Å². The highest BCUT2D eigenvalue weighted by Crippen LogP contribution is 2.36. The van der Waals surface area contributed by atoms with Crippen molar-refractivity contribution in [3.63, 3.8) is 0 Å². The second kappa shape index (κ2) is 5.01. The molecule has 0 fully saturated rings. The normalized spacial score (nSPS) is 12.4. The van der Waals surface area contributed by atoms with Gasteiger partial charge in [-0.2, -0.15) is 0 Å². The van der Waals surface area contributed by atoms with Crippen LogP contribution in [0, 0.1) is 10.1 Å². The molecule has 0 radical (unpaired) electrons. The highest BCUT2D eigenvalue weighted by Gasteiger charge is 2.24. The quantitative estimate of drug-likeness (QED) is 0.361. The minimum Gasteiger partial charge on any atom is -0.504 e. The Morgan fingerprint density at radius 1 is 1.39 bits per heavy atom. The van der Waals surface area contributed by atoms with E-state index in [1.807, 2.05) is 0 Å². The molecular weight excluding hydrogens is 240 g/mol. The van der Waals surface area contributed by atoms with E-state index in [0.717, 1.165) is 12.1 Å². The molecule has 0 spiro atoms. The second-order valence-corrected chi connectivity index (χ2v) is 4.12. The van der Waals surface area contributed by atoms with E-state index in [1.54, 1.807) is 25.9 Å². The number of ketones is 1. The zero-order valence-electron chi connectivity index (χ0n) is 10.2. The molecule has 0 saturated carbocycles. The largest absolute Gasteiger partial charge is 0.504 e. The number of Topliss-reactive ketones (excluding diaryl/α,β-unsaturated/α-hetero) is 1. The number of likely N-dealkylation sites (N-methyl/N-ethyl adjacent to an activating group) is 1. The highest BCUT2D eigenvalue weighted by molar-refractivity contribution is 6.01. The molecule has 0 aliphatic carbocycles. The molecule has 7 heteroatoms. The van der Waals surface area contributed by atoms with Crippen LogP contribution >= 0.6 is 0 Å². The van der Waals surface area contributed by atoms with Crippen LogP contribution in [0.3, 0.4) is 0 Å². The van der Waals surface area contributed by atoms with Gasteiger partial charge in [-0.3, -0.25) is 19.8 Å². The Morgan fingerprint density at radius 2 is 1.94 bits per heavy atom. The van der Waals surface area contributed by atoms with Crippen molar-refractivity contribution in [3.8, 4) is 11.5 Å². The number of phenols is 2. The first-order chi connectivity index (χ1) is 8.25. The Hall–Kier alpha value is -2.15. The number of phenolic OH excluding ortho intramolecular Hbond substituents is 2. The summed E-state index contributed by atoms with van der Waals surface area (Å²) in [6.07, 6.45) is 0.